The quantitative estimate of drug-likeness (QED) is 0.830. The molecule has 0 fully saturated rings. The van der Waals surface area contributed by atoms with E-state index >= 15 is 0 Å². The summed E-state index contributed by atoms with van der Waals surface area (Å²) in [7, 11) is 0. The van der Waals surface area contributed by atoms with Gasteiger partial charge < -0.3 is 14.8 Å². The van der Waals surface area contributed by atoms with E-state index in [2.05, 4.69) is 31.2 Å². The molecule has 2 aromatic rings. The van der Waals surface area contributed by atoms with Gasteiger partial charge in [0.25, 0.3) is 0 Å². The summed E-state index contributed by atoms with van der Waals surface area (Å²) >= 11 is 9.28. The summed E-state index contributed by atoms with van der Waals surface area (Å²) in [6, 6.07) is 5.65. The highest BCUT2D eigenvalue weighted by Crippen LogP contribution is 2.34. The van der Waals surface area contributed by atoms with Crippen molar-refractivity contribution in [2.75, 3.05) is 18.5 Å². The van der Waals surface area contributed by atoms with Crippen LogP contribution < -0.4 is 14.8 Å². The molecule has 0 spiro atoms. The number of rotatable bonds is 2. The van der Waals surface area contributed by atoms with Gasteiger partial charge in [0.1, 0.15) is 17.3 Å². The fourth-order valence-electron chi connectivity index (χ4n) is 1.81. The highest BCUT2D eigenvalue weighted by Gasteiger charge is 2.12. The summed E-state index contributed by atoms with van der Waals surface area (Å²) in [5.74, 6) is 2.08. The van der Waals surface area contributed by atoms with Crippen molar-refractivity contribution in [3.05, 3.63) is 34.2 Å². The SMILES string of the molecule is Clc1ncnc(Nc2ccc3c(c2)OCCCO3)c1Br. The summed E-state index contributed by atoms with van der Waals surface area (Å²) in [6.07, 6.45) is 2.28. The molecule has 1 N–H and O–H groups in total. The maximum atomic E-state index is 5.93. The number of ether oxygens (including phenoxy) is 2. The highest BCUT2D eigenvalue weighted by atomic mass is 79.9. The number of fused-ring (bicyclic) bond motifs is 1. The predicted molar refractivity (Wildman–Crippen MR) is 80.1 cm³/mol. The van der Waals surface area contributed by atoms with Crippen LogP contribution in [0.3, 0.4) is 0 Å². The summed E-state index contributed by atoms with van der Waals surface area (Å²) in [5, 5.41) is 3.52. The lowest BCUT2D eigenvalue weighted by atomic mass is 10.2. The molecule has 0 unspecified atom stereocenters. The van der Waals surface area contributed by atoms with E-state index in [1.165, 1.54) is 6.33 Å². The van der Waals surface area contributed by atoms with Gasteiger partial charge in [-0.3, -0.25) is 0 Å². The smallest absolute Gasteiger partial charge is 0.163 e. The van der Waals surface area contributed by atoms with E-state index in [1.807, 2.05) is 18.2 Å². The van der Waals surface area contributed by atoms with Gasteiger partial charge in [-0.1, -0.05) is 11.6 Å². The lowest BCUT2D eigenvalue weighted by Gasteiger charge is -2.11. The molecule has 104 valence electrons. The highest BCUT2D eigenvalue weighted by molar-refractivity contribution is 9.10. The number of benzene rings is 1. The van der Waals surface area contributed by atoms with E-state index < -0.39 is 0 Å². The zero-order valence-corrected chi connectivity index (χ0v) is 12.7. The van der Waals surface area contributed by atoms with Crippen molar-refractivity contribution in [1.29, 1.82) is 0 Å². The first kappa shape index (κ1) is 13.5. The average molecular weight is 357 g/mol. The molecule has 0 atom stereocenters. The Morgan fingerprint density at radius 1 is 1.15 bits per heavy atom. The van der Waals surface area contributed by atoms with Gasteiger partial charge in [0.15, 0.2) is 11.5 Å². The number of hydrogen-bond acceptors (Lipinski definition) is 5. The summed E-state index contributed by atoms with van der Waals surface area (Å²) in [4.78, 5) is 8.03. The fraction of sp³-hybridized carbons (Fsp3) is 0.231. The van der Waals surface area contributed by atoms with E-state index in [9.17, 15) is 0 Å². The number of nitrogens with zero attached hydrogens (tertiary/aromatic N) is 2. The van der Waals surface area contributed by atoms with Gasteiger partial charge in [0.05, 0.1) is 17.7 Å². The van der Waals surface area contributed by atoms with Crippen molar-refractivity contribution in [2.24, 2.45) is 0 Å². The molecule has 1 aliphatic rings. The Bertz CT molecular complexity index is 639. The number of halogens is 2. The van der Waals surface area contributed by atoms with Gasteiger partial charge in [-0.25, -0.2) is 9.97 Å². The Balaban J connectivity index is 1.88. The van der Waals surface area contributed by atoms with Crippen LogP contribution in [0.1, 0.15) is 6.42 Å². The van der Waals surface area contributed by atoms with E-state index in [-0.39, 0.29) is 0 Å². The molecule has 0 amide bonds. The van der Waals surface area contributed by atoms with Crippen molar-refractivity contribution in [3.63, 3.8) is 0 Å². The van der Waals surface area contributed by atoms with Crippen molar-refractivity contribution >= 4 is 39.0 Å². The Morgan fingerprint density at radius 3 is 2.80 bits per heavy atom. The second-order valence-electron chi connectivity index (χ2n) is 4.16. The van der Waals surface area contributed by atoms with Crippen LogP contribution in [0.15, 0.2) is 29.0 Å². The molecule has 1 aliphatic heterocycles. The molecule has 0 saturated heterocycles. The second kappa shape index (κ2) is 5.85. The second-order valence-corrected chi connectivity index (χ2v) is 5.32. The molecule has 3 rings (SSSR count). The molecule has 0 radical (unpaired) electrons. The predicted octanol–water partition coefficient (Wildman–Crippen LogP) is 3.80. The molecule has 1 aromatic carbocycles. The van der Waals surface area contributed by atoms with Crippen LogP contribution in [0.2, 0.25) is 5.15 Å². The first-order chi connectivity index (χ1) is 9.74. The minimum absolute atomic E-state index is 0.358. The van der Waals surface area contributed by atoms with Gasteiger partial charge in [-0.2, -0.15) is 0 Å². The maximum absolute atomic E-state index is 5.93. The fourth-order valence-corrected chi connectivity index (χ4v) is 2.25. The molecular formula is C13H11BrClN3O2. The third-order valence-electron chi connectivity index (χ3n) is 2.76. The van der Waals surface area contributed by atoms with Crippen LogP contribution in [-0.4, -0.2) is 23.2 Å². The van der Waals surface area contributed by atoms with Gasteiger partial charge >= 0.3 is 0 Å². The lowest BCUT2D eigenvalue weighted by molar-refractivity contribution is 0.297. The summed E-state index contributed by atoms with van der Waals surface area (Å²) < 4.78 is 11.9. The zero-order chi connectivity index (χ0) is 13.9. The molecule has 0 saturated carbocycles. The first-order valence-corrected chi connectivity index (χ1v) is 7.24. The third-order valence-corrected chi connectivity index (χ3v) is 4.02. The van der Waals surface area contributed by atoms with Crippen LogP contribution in [0.5, 0.6) is 11.5 Å². The number of hydrogen-bond donors (Lipinski definition) is 1. The zero-order valence-electron chi connectivity index (χ0n) is 10.4. The number of aromatic nitrogens is 2. The molecule has 20 heavy (non-hydrogen) atoms. The molecule has 5 nitrogen and oxygen atoms in total. The van der Waals surface area contributed by atoms with Gasteiger partial charge in [0.2, 0.25) is 0 Å². The van der Waals surface area contributed by atoms with Crippen molar-refractivity contribution in [3.8, 4) is 11.5 Å². The number of anilines is 2. The number of nitrogens with one attached hydrogen (secondary N) is 1. The minimum Gasteiger partial charge on any atom is -0.490 e. The van der Waals surface area contributed by atoms with Crippen LogP contribution in [0.25, 0.3) is 0 Å². The topological polar surface area (TPSA) is 56.3 Å². The van der Waals surface area contributed by atoms with E-state index in [0.717, 1.165) is 23.6 Å². The summed E-state index contributed by atoms with van der Waals surface area (Å²) in [5.41, 5.74) is 0.838. The monoisotopic (exact) mass is 355 g/mol. The van der Waals surface area contributed by atoms with E-state index in [4.69, 9.17) is 21.1 Å². The normalized spacial score (nSPS) is 13.7. The van der Waals surface area contributed by atoms with Gasteiger partial charge in [-0.15, -0.1) is 0 Å². The lowest BCUT2D eigenvalue weighted by Crippen LogP contribution is -1.98. The Morgan fingerprint density at radius 2 is 1.95 bits per heavy atom. The third kappa shape index (κ3) is 2.81. The largest absolute Gasteiger partial charge is 0.490 e. The summed E-state index contributed by atoms with van der Waals surface area (Å²) in [6.45, 7) is 1.33. The van der Waals surface area contributed by atoms with Gasteiger partial charge in [-0.05, 0) is 28.1 Å². The molecule has 0 bridgehead atoms. The molecule has 2 heterocycles. The van der Waals surface area contributed by atoms with Gasteiger partial charge in [0, 0.05) is 18.2 Å². The van der Waals surface area contributed by atoms with Crippen LogP contribution in [0, 0.1) is 0 Å². The molecule has 0 aliphatic carbocycles. The molecule has 1 aromatic heterocycles. The van der Waals surface area contributed by atoms with Crippen LogP contribution >= 0.6 is 27.5 Å². The van der Waals surface area contributed by atoms with Crippen molar-refractivity contribution in [2.45, 2.75) is 6.42 Å². The Kier molecular flexibility index (Phi) is 3.93. The molecule has 7 heteroatoms. The Hall–Kier alpha value is -1.53. The van der Waals surface area contributed by atoms with Crippen molar-refractivity contribution in [1.82, 2.24) is 9.97 Å². The first-order valence-electron chi connectivity index (χ1n) is 6.07. The van der Waals surface area contributed by atoms with Crippen LogP contribution in [-0.2, 0) is 0 Å². The van der Waals surface area contributed by atoms with Crippen molar-refractivity contribution < 1.29 is 9.47 Å². The minimum atomic E-state index is 0.358. The molecular weight excluding hydrogens is 346 g/mol. The standard InChI is InChI=1S/C13H11BrClN3O2/c14-11-12(15)16-7-17-13(11)18-8-2-3-9-10(6-8)20-5-1-4-19-9/h2-3,6-7H,1,4-5H2,(H,16,17,18). The Labute approximate surface area is 129 Å². The van der Waals surface area contributed by atoms with Crippen LogP contribution in [0.4, 0.5) is 11.5 Å². The van der Waals surface area contributed by atoms with E-state index in [1.54, 1.807) is 0 Å². The van der Waals surface area contributed by atoms with E-state index in [0.29, 0.717) is 28.7 Å². The average Bonchev–Trinajstić information content (AvgIpc) is 2.69. The maximum Gasteiger partial charge on any atom is 0.163 e.